The number of hydroxylamine groups is 1. The maximum absolute atomic E-state index is 10.3. The zero-order chi connectivity index (χ0) is 9.68. The third-order valence-electron chi connectivity index (χ3n) is 2.18. The number of rotatable bonds is 4. The normalized spacial score (nSPS) is 28.7. The molecule has 0 spiro atoms. The predicted molar refractivity (Wildman–Crippen MR) is 46.5 cm³/mol. The van der Waals surface area contributed by atoms with E-state index in [9.17, 15) is 9.90 Å². The van der Waals surface area contributed by atoms with Crippen LogP contribution in [0.4, 0.5) is 0 Å². The Balaban J connectivity index is 2.15. The summed E-state index contributed by atoms with van der Waals surface area (Å²) in [4.78, 5) is 15.1. The van der Waals surface area contributed by atoms with Crippen LogP contribution in [0.3, 0.4) is 0 Å². The number of carbonyl (C=O) groups excluding carboxylic acids is 1. The van der Waals surface area contributed by atoms with Crippen molar-refractivity contribution in [1.29, 1.82) is 0 Å². The summed E-state index contributed by atoms with van der Waals surface area (Å²) in [5.74, 6) is -0.516. The summed E-state index contributed by atoms with van der Waals surface area (Å²) in [6.45, 7) is -0.150. The molecule has 0 heterocycles. The van der Waals surface area contributed by atoms with Crippen LogP contribution in [0.5, 0.6) is 0 Å². The molecule has 76 valence electrons. The molecular weight excluding hydrogens is 172 g/mol. The van der Waals surface area contributed by atoms with E-state index in [0.717, 1.165) is 25.7 Å². The molecule has 1 amide bonds. The van der Waals surface area contributed by atoms with Crippen molar-refractivity contribution in [2.45, 2.75) is 37.8 Å². The molecule has 0 aromatic carbocycles. The van der Waals surface area contributed by atoms with Crippen molar-refractivity contribution >= 4 is 5.91 Å². The van der Waals surface area contributed by atoms with Crippen molar-refractivity contribution in [3.63, 3.8) is 0 Å². The van der Waals surface area contributed by atoms with Crippen LogP contribution in [0, 0.1) is 0 Å². The zero-order valence-corrected chi connectivity index (χ0v) is 7.53. The van der Waals surface area contributed by atoms with Crippen molar-refractivity contribution < 1.29 is 14.7 Å². The van der Waals surface area contributed by atoms with Crippen LogP contribution in [-0.2, 0) is 9.63 Å². The Morgan fingerprint density at radius 2 is 2.23 bits per heavy atom. The van der Waals surface area contributed by atoms with Gasteiger partial charge in [0.2, 0.25) is 5.91 Å². The molecule has 1 fully saturated rings. The van der Waals surface area contributed by atoms with E-state index in [1.54, 1.807) is 0 Å². The molecule has 0 saturated heterocycles. The summed E-state index contributed by atoms with van der Waals surface area (Å²) in [5.41, 5.74) is 7.53. The van der Waals surface area contributed by atoms with Gasteiger partial charge in [-0.25, -0.2) is 0 Å². The second-order valence-electron chi connectivity index (χ2n) is 3.33. The van der Waals surface area contributed by atoms with E-state index in [1.165, 1.54) is 0 Å². The van der Waals surface area contributed by atoms with Gasteiger partial charge in [0, 0.05) is 0 Å². The molecule has 0 bridgehead atoms. The van der Waals surface area contributed by atoms with E-state index < -0.39 is 5.91 Å². The summed E-state index contributed by atoms with van der Waals surface area (Å²) >= 11 is 0. The number of amides is 1. The Bertz CT molecular complexity index is 175. The second-order valence-corrected chi connectivity index (χ2v) is 3.33. The molecule has 2 atom stereocenters. The lowest BCUT2D eigenvalue weighted by Crippen LogP contribution is -2.43. The fraction of sp³-hybridized carbons (Fsp3) is 0.875. The van der Waals surface area contributed by atoms with Gasteiger partial charge in [0.1, 0.15) is 6.61 Å². The van der Waals surface area contributed by atoms with Gasteiger partial charge in [-0.1, -0.05) is 12.8 Å². The molecule has 1 aliphatic carbocycles. The number of hydrogen-bond acceptors (Lipinski definition) is 4. The standard InChI is InChI=1S/C8H16N2O3/c9-8(12)5-13-10-6-3-1-2-4-7(6)11/h6-7,10-11H,1-5H2,(H2,9,12)/t6-,7-/m0/s1. The van der Waals surface area contributed by atoms with Crippen molar-refractivity contribution in [3.05, 3.63) is 0 Å². The fourth-order valence-electron chi connectivity index (χ4n) is 1.47. The molecule has 0 unspecified atom stereocenters. The molecule has 1 saturated carbocycles. The van der Waals surface area contributed by atoms with Crippen LogP contribution >= 0.6 is 0 Å². The smallest absolute Gasteiger partial charge is 0.245 e. The van der Waals surface area contributed by atoms with Crippen LogP contribution in [0.25, 0.3) is 0 Å². The quantitative estimate of drug-likeness (QED) is 0.509. The predicted octanol–water partition coefficient (Wildman–Crippen LogP) is -0.704. The van der Waals surface area contributed by atoms with E-state index in [0.29, 0.717) is 0 Å². The zero-order valence-electron chi connectivity index (χ0n) is 7.53. The SMILES string of the molecule is NC(=O)CON[C@H]1CCCC[C@@H]1O. The van der Waals surface area contributed by atoms with Gasteiger partial charge in [0.05, 0.1) is 12.1 Å². The monoisotopic (exact) mass is 188 g/mol. The summed E-state index contributed by atoms with van der Waals surface area (Å²) in [6, 6.07) is -0.0619. The number of aliphatic hydroxyl groups excluding tert-OH is 1. The molecular formula is C8H16N2O3. The lowest BCUT2D eigenvalue weighted by atomic mass is 9.93. The van der Waals surface area contributed by atoms with Gasteiger partial charge in [0.15, 0.2) is 0 Å². The van der Waals surface area contributed by atoms with E-state index in [1.807, 2.05) is 0 Å². The molecule has 0 aromatic rings. The van der Waals surface area contributed by atoms with E-state index in [2.05, 4.69) is 5.48 Å². The second kappa shape index (κ2) is 5.16. The topological polar surface area (TPSA) is 84.6 Å². The van der Waals surface area contributed by atoms with Crippen LogP contribution in [0.15, 0.2) is 0 Å². The molecule has 5 heteroatoms. The van der Waals surface area contributed by atoms with Gasteiger partial charge in [-0.3, -0.25) is 9.63 Å². The first-order valence-corrected chi connectivity index (χ1v) is 4.54. The van der Waals surface area contributed by atoms with Gasteiger partial charge in [0.25, 0.3) is 0 Å². The molecule has 13 heavy (non-hydrogen) atoms. The maximum Gasteiger partial charge on any atom is 0.245 e. The minimum absolute atomic E-state index is 0.0619. The number of carbonyl (C=O) groups is 1. The van der Waals surface area contributed by atoms with E-state index in [-0.39, 0.29) is 18.8 Å². The highest BCUT2D eigenvalue weighted by atomic mass is 16.6. The van der Waals surface area contributed by atoms with Crippen molar-refractivity contribution in [2.24, 2.45) is 5.73 Å². The Labute approximate surface area is 77.2 Å². The van der Waals surface area contributed by atoms with Crippen molar-refractivity contribution in [3.8, 4) is 0 Å². The maximum atomic E-state index is 10.3. The average Bonchev–Trinajstić information content (AvgIpc) is 2.08. The molecule has 4 N–H and O–H groups in total. The third kappa shape index (κ3) is 3.71. The number of nitrogens with two attached hydrogens (primary N) is 1. The lowest BCUT2D eigenvalue weighted by Gasteiger charge is -2.27. The van der Waals surface area contributed by atoms with E-state index >= 15 is 0 Å². The molecule has 5 nitrogen and oxygen atoms in total. The first-order chi connectivity index (χ1) is 6.20. The van der Waals surface area contributed by atoms with E-state index in [4.69, 9.17) is 10.6 Å². The van der Waals surface area contributed by atoms with Gasteiger partial charge in [-0.2, -0.15) is 5.48 Å². The highest BCUT2D eigenvalue weighted by Gasteiger charge is 2.22. The van der Waals surface area contributed by atoms with Crippen LogP contribution in [-0.4, -0.2) is 29.8 Å². The molecule has 1 rings (SSSR count). The molecule has 1 aliphatic rings. The minimum Gasteiger partial charge on any atom is -0.391 e. The highest BCUT2D eigenvalue weighted by Crippen LogP contribution is 2.17. The first kappa shape index (κ1) is 10.4. The molecule has 0 aromatic heterocycles. The van der Waals surface area contributed by atoms with Gasteiger partial charge in [-0.05, 0) is 12.8 Å². The lowest BCUT2D eigenvalue weighted by molar-refractivity contribution is -0.127. The van der Waals surface area contributed by atoms with Crippen LogP contribution < -0.4 is 11.2 Å². The summed E-state index contributed by atoms with van der Waals surface area (Å²) in [7, 11) is 0. The largest absolute Gasteiger partial charge is 0.391 e. The van der Waals surface area contributed by atoms with Crippen molar-refractivity contribution in [1.82, 2.24) is 5.48 Å². The minimum atomic E-state index is -0.516. The Hall–Kier alpha value is -0.650. The summed E-state index contributed by atoms with van der Waals surface area (Å²) in [5, 5.41) is 9.48. The summed E-state index contributed by atoms with van der Waals surface area (Å²) in [6.07, 6.45) is 3.42. The van der Waals surface area contributed by atoms with Crippen LogP contribution in [0.1, 0.15) is 25.7 Å². The Kier molecular flexibility index (Phi) is 4.14. The third-order valence-corrected chi connectivity index (χ3v) is 2.18. The number of primary amides is 1. The number of aliphatic hydroxyl groups is 1. The summed E-state index contributed by atoms with van der Waals surface area (Å²) < 4.78 is 0. The van der Waals surface area contributed by atoms with Crippen LogP contribution in [0.2, 0.25) is 0 Å². The Morgan fingerprint density at radius 1 is 1.54 bits per heavy atom. The highest BCUT2D eigenvalue weighted by molar-refractivity contribution is 5.74. The Morgan fingerprint density at radius 3 is 2.85 bits per heavy atom. The fourth-order valence-corrected chi connectivity index (χ4v) is 1.47. The number of hydrogen-bond donors (Lipinski definition) is 3. The first-order valence-electron chi connectivity index (χ1n) is 4.54. The van der Waals surface area contributed by atoms with Crippen molar-refractivity contribution in [2.75, 3.05) is 6.61 Å². The van der Waals surface area contributed by atoms with Gasteiger partial charge < -0.3 is 10.8 Å². The van der Waals surface area contributed by atoms with Gasteiger partial charge >= 0.3 is 0 Å². The number of nitrogens with one attached hydrogen (secondary N) is 1. The van der Waals surface area contributed by atoms with Gasteiger partial charge in [-0.15, -0.1) is 0 Å². The molecule has 0 aliphatic heterocycles. The average molecular weight is 188 g/mol. The molecule has 0 radical (unpaired) electrons.